The maximum atomic E-state index is 3.70. The van der Waals surface area contributed by atoms with E-state index in [0.717, 1.165) is 0 Å². The highest BCUT2D eigenvalue weighted by atomic mass is 79.9. The Labute approximate surface area is 115 Å². The molecule has 2 aromatic rings. The molecule has 2 heteroatoms. The molecule has 1 unspecified atom stereocenters. The van der Waals surface area contributed by atoms with Gasteiger partial charge >= 0.3 is 0 Å². The van der Waals surface area contributed by atoms with Crippen molar-refractivity contribution in [3.8, 4) is 0 Å². The van der Waals surface area contributed by atoms with Gasteiger partial charge in [0.25, 0.3) is 0 Å². The van der Waals surface area contributed by atoms with Gasteiger partial charge in [-0.3, -0.25) is 0 Å². The fourth-order valence-corrected chi connectivity index (χ4v) is 3.59. The Bertz CT molecular complexity index is 670. The zero-order valence-electron chi connectivity index (χ0n) is 10.0. The van der Waals surface area contributed by atoms with E-state index < -0.39 is 0 Å². The van der Waals surface area contributed by atoms with Crippen LogP contribution in [-0.4, -0.2) is 7.05 Å². The number of nitrogens with zero attached hydrogens (tertiary/aromatic N) is 1. The predicted molar refractivity (Wildman–Crippen MR) is 79.5 cm³/mol. The number of allylic oxidation sites excluding steroid dienone is 1. The zero-order chi connectivity index (χ0) is 12.3. The van der Waals surface area contributed by atoms with Crippen LogP contribution in [0.2, 0.25) is 0 Å². The minimum atomic E-state index is 0.384. The summed E-state index contributed by atoms with van der Waals surface area (Å²) in [6.45, 7) is 0. The molecule has 2 aromatic carbocycles. The van der Waals surface area contributed by atoms with Crippen LogP contribution in [0.3, 0.4) is 0 Å². The van der Waals surface area contributed by atoms with Gasteiger partial charge in [-0.15, -0.1) is 0 Å². The SMILES string of the molecule is CN1c2ccc(cc2)C2C=Cc3c1ccc(Br)c32. The maximum Gasteiger partial charge on any atom is 0.0485 e. The Morgan fingerprint density at radius 3 is 2.61 bits per heavy atom. The molecule has 6 bridgehead atoms. The van der Waals surface area contributed by atoms with Crippen molar-refractivity contribution in [2.75, 3.05) is 11.9 Å². The van der Waals surface area contributed by atoms with Crippen LogP contribution in [0.15, 0.2) is 46.9 Å². The monoisotopic (exact) mass is 297 g/mol. The van der Waals surface area contributed by atoms with E-state index in [1.165, 1.54) is 32.5 Å². The molecule has 2 aliphatic heterocycles. The first-order valence-corrected chi connectivity index (χ1v) is 6.89. The van der Waals surface area contributed by atoms with Gasteiger partial charge in [0.15, 0.2) is 0 Å². The number of halogens is 1. The lowest BCUT2D eigenvalue weighted by molar-refractivity contribution is 1.04. The van der Waals surface area contributed by atoms with Crippen molar-refractivity contribution in [3.05, 3.63) is 63.6 Å². The molecule has 2 heterocycles. The summed E-state index contributed by atoms with van der Waals surface area (Å²) in [6.07, 6.45) is 4.56. The molecular weight excluding hydrogens is 286 g/mol. The number of fused-ring (bicyclic) bond motifs is 2. The molecule has 0 amide bonds. The van der Waals surface area contributed by atoms with E-state index in [-0.39, 0.29) is 0 Å². The van der Waals surface area contributed by atoms with Crippen molar-refractivity contribution in [2.24, 2.45) is 0 Å². The van der Waals surface area contributed by atoms with E-state index in [1.807, 2.05) is 0 Å². The molecule has 0 fully saturated rings. The van der Waals surface area contributed by atoms with Crippen molar-refractivity contribution >= 4 is 33.4 Å². The van der Waals surface area contributed by atoms with Crippen LogP contribution in [0, 0.1) is 0 Å². The highest BCUT2D eigenvalue weighted by Gasteiger charge is 2.26. The fourth-order valence-electron chi connectivity index (χ4n) is 2.99. The van der Waals surface area contributed by atoms with Gasteiger partial charge in [0, 0.05) is 34.4 Å². The van der Waals surface area contributed by atoms with Crippen LogP contribution >= 0.6 is 15.9 Å². The first-order valence-electron chi connectivity index (χ1n) is 6.10. The molecule has 0 radical (unpaired) electrons. The Morgan fingerprint density at radius 1 is 1.06 bits per heavy atom. The molecule has 0 spiro atoms. The lowest BCUT2D eigenvalue weighted by Gasteiger charge is -2.22. The van der Waals surface area contributed by atoms with Crippen molar-refractivity contribution in [1.82, 2.24) is 0 Å². The van der Waals surface area contributed by atoms with Gasteiger partial charge in [0.2, 0.25) is 0 Å². The Balaban J connectivity index is 2.15. The molecular formula is C16H12BrN. The van der Waals surface area contributed by atoms with E-state index in [2.05, 4.69) is 76.4 Å². The Morgan fingerprint density at radius 2 is 1.83 bits per heavy atom. The highest BCUT2D eigenvalue weighted by molar-refractivity contribution is 9.10. The number of benzene rings is 2. The van der Waals surface area contributed by atoms with Crippen molar-refractivity contribution in [1.29, 1.82) is 0 Å². The van der Waals surface area contributed by atoms with Gasteiger partial charge in [0.05, 0.1) is 0 Å². The fraction of sp³-hybridized carbons (Fsp3) is 0.125. The summed E-state index contributed by atoms with van der Waals surface area (Å²) in [4.78, 5) is 2.26. The normalized spacial score (nSPS) is 18.8. The van der Waals surface area contributed by atoms with Crippen LogP contribution in [0.25, 0.3) is 6.08 Å². The second-order valence-corrected chi connectivity index (χ2v) is 5.74. The molecule has 18 heavy (non-hydrogen) atoms. The summed E-state index contributed by atoms with van der Waals surface area (Å²) < 4.78 is 1.20. The summed E-state index contributed by atoms with van der Waals surface area (Å²) in [7, 11) is 2.13. The third kappa shape index (κ3) is 1.21. The topological polar surface area (TPSA) is 3.24 Å². The second kappa shape index (κ2) is 3.48. The van der Waals surface area contributed by atoms with Gasteiger partial charge in [-0.1, -0.05) is 40.2 Å². The standard InChI is InChI=1S/C16H12BrN/c1-18-11-4-2-10(3-5-11)12-6-7-13-15(18)9-8-14(17)16(12)13/h2-9,12H,1H3. The third-order valence-electron chi connectivity index (χ3n) is 3.98. The zero-order valence-corrected chi connectivity index (χ0v) is 11.6. The molecule has 3 aliphatic rings. The first-order chi connectivity index (χ1) is 8.75. The van der Waals surface area contributed by atoms with E-state index in [0.29, 0.717) is 5.92 Å². The summed E-state index contributed by atoms with van der Waals surface area (Å²) in [6, 6.07) is 13.2. The van der Waals surface area contributed by atoms with Crippen LogP contribution < -0.4 is 4.90 Å². The van der Waals surface area contributed by atoms with Crippen molar-refractivity contribution in [3.63, 3.8) is 0 Å². The second-order valence-electron chi connectivity index (χ2n) is 4.88. The number of hydrogen-bond acceptors (Lipinski definition) is 1. The van der Waals surface area contributed by atoms with Gasteiger partial charge in [-0.25, -0.2) is 0 Å². The van der Waals surface area contributed by atoms with Crippen LogP contribution in [-0.2, 0) is 0 Å². The molecule has 1 aliphatic carbocycles. The minimum Gasteiger partial charge on any atom is -0.344 e. The Kier molecular flexibility index (Phi) is 2.01. The lowest BCUT2D eigenvalue weighted by Crippen LogP contribution is -2.10. The van der Waals surface area contributed by atoms with Crippen LogP contribution in [0.4, 0.5) is 11.4 Å². The number of rotatable bonds is 0. The average molecular weight is 298 g/mol. The van der Waals surface area contributed by atoms with E-state index >= 15 is 0 Å². The molecule has 88 valence electrons. The lowest BCUT2D eigenvalue weighted by atomic mass is 9.93. The van der Waals surface area contributed by atoms with Gasteiger partial charge in [-0.2, -0.15) is 0 Å². The van der Waals surface area contributed by atoms with Crippen molar-refractivity contribution in [2.45, 2.75) is 5.92 Å². The summed E-state index contributed by atoms with van der Waals surface area (Å²) in [5.41, 5.74) is 6.62. The largest absolute Gasteiger partial charge is 0.344 e. The quantitative estimate of drug-likeness (QED) is 0.682. The Hall–Kier alpha value is -1.54. The van der Waals surface area contributed by atoms with E-state index in [9.17, 15) is 0 Å². The number of hydrogen-bond donors (Lipinski definition) is 0. The van der Waals surface area contributed by atoms with E-state index in [1.54, 1.807) is 0 Å². The molecule has 0 N–H and O–H groups in total. The van der Waals surface area contributed by atoms with Gasteiger partial charge in [-0.05, 0) is 35.4 Å². The maximum absolute atomic E-state index is 3.70. The molecule has 5 rings (SSSR count). The van der Waals surface area contributed by atoms with Crippen LogP contribution in [0.1, 0.15) is 22.6 Å². The molecule has 0 saturated heterocycles. The minimum absolute atomic E-state index is 0.384. The number of anilines is 2. The summed E-state index contributed by atoms with van der Waals surface area (Å²) >= 11 is 3.70. The molecule has 0 aromatic heterocycles. The van der Waals surface area contributed by atoms with E-state index in [4.69, 9.17) is 0 Å². The average Bonchev–Trinajstić information content (AvgIpc) is 2.85. The first kappa shape index (κ1) is 10.4. The highest BCUT2D eigenvalue weighted by Crippen LogP contribution is 2.46. The third-order valence-corrected chi connectivity index (χ3v) is 4.67. The van der Waals surface area contributed by atoms with Gasteiger partial charge in [0.1, 0.15) is 0 Å². The summed E-state index contributed by atoms with van der Waals surface area (Å²) in [5.74, 6) is 0.384. The summed E-state index contributed by atoms with van der Waals surface area (Å²) in [5, 5.41) is 0. The predicted octanol–water partition coefficient (Wildman–Crippen LogP) is 4.69. The van der Waals surface area contributed by atoms with Gasteiger partial charge < -0.3 is 4.90 Å². The van der Waals surface area contributed by atoms with Crippen molar-refractivity contribution < 1.29 is 0 Å². The molecule has 1 atom stereocenters. The molecule has 0 saturated carbocycles. The smallest absolute Gasteiger partial charge is 0.0485 e. The van der Waals surface area contributed by atoms with Crippen LogP contribution in [0.5, 0.6) is 0 Å². The molecule has 1 nitrogen and oxygen atoms in total.